The zero-order valence-electron chi connectivity index (χ0n) is 11.2. The Hall–Kier alpha value is -2.40. The van der Waals surface area contributed by atoms with E-state index in [1.165, 1.54) is 0 Å². The van der Waals surface area contributed by atoms with Gasteiger partial charge in [0.1, 0.15) is 6.42 Å². The van der Waals surface area contributed by atoms with Crippen molar-refractivity contribution in [2.24, 2.45) is 0 Å². The second-order valence-corrected chi connectivity index (χ2v) is 4.75. The van der Waals surface area contributed by atoms with Crippen LogP contribution >= 0.6 is 11.6 Å². The number of benzene rings is 1. The number of nitrogens with zero attached hydrogens (tertiary/aromatic N) is 1. The van der Waals surface area contributed by atoms with Crippen LogP contribution < -0.4 is 10.6 Å². The number of amides is 2. The molecule has 5 nitrogen and oxygen atoms in total. The summed E-state index contributed by atoms with van der Waals surface area (Å²) in [6.07, 6.45) is 3.05. The Morgan fingerprint density at radius 3 is 2.62 bits per heavy atom. The highest BCUT2D eigenvalue weighted by molar-refractivity contribution is 6.33. The molecule has 0 aliphatic heterocycles. The number of para-hydroxylation sites is 1. The second-order valence-electron chi connectivity index (χ2n) is 4.34. The summed E-state index contributed by atoms with van der Waals surface area (Å²) in [7, 11) is 0. The number of halogens is 1. The summed E-state index contributed by atoms with van der Waals surface area (Å²) in [6.45, 7) is 0.339. The number of nitrogens with one attached hydrogen (secondary N) is 2. The van der Waals surface area contributed by atoms with Crippen molar-refractivity contribution < 1.29 is 9.59 Å². The number of hydrogen-bond acceptors (Lipinski definition) is 3. The minimum Gasteiger partial charge on any atom is -0.352 e. The minimum atomic E-state index is -0.410. The third-order valence-electron chi connectivity index (χ3n) is 2.68. The maximum Gasteiger partial charge on any atom is 0.233 e. The first kappa shape index (κ1) is 15.0. The molecule has 0 saturated heterocycles. The molecule has 2 aromatic rings. The van der Waals surface area contributed by atoms with Crippen molar-refractivity contribution in [1.29, 1.82) is 0 Å². The van der Waals surface area contributed by atoms with E-state index in [1.54, 1.807) is 42.7 Å². The van der Waals surface area contributed by atoms with Gasteiger partial charge in [-0.1, -0.05) is 29.8 Å². The Balaban J connectivity index is 1.80. The van der Waals surface area contributed by atoms with Gasteiger partial charge in [-0.15, -0.1) is 0 Å². The van der Waals surface area contributed by atoms with Crippen LogP contribution in [0, 0.1) is 0 Å². The summed E-state index contributed by atoms with van der Waals surface area (Å²) in [6, 6.07) is 10.5. The smallest absolute Gasteiger partial charge is 0.233 e. The Bertz CT molecular complexity index is 632. The van der Waals surface area contributed by atoms with E-state index >= 15 is 0 Å². The van der Waals surface area contributed by atoms with Gasteiger partial charge in [-0.25, -0.2) is 0 Å². The lowest BCUT2D eigenvalue weighted by atomic mass is 10.2. The molecular formula is C15H14ClN3O2. The fraction of sp³-hybridized carbons (Fsp3) is 0.133. The summed E-state index contributed by atoms with van der Waals surface area (Å²) >= 11 is 5.92. The molecule has 0 aliphatic rings. The van der Waals surface area contributed by atoms with E-state index in [-0.39, 0.29) is 12.3 Å². The Kier molecular flexibility index (Phi) is 5.29. The highest BCUT2D eigenvalue weighted by Gasteiger charge is 2.10. The maximum absolute atomic E-state index is 11.7. The van der Waals surface area contributed by atoms with Crippen LogP contribution in [-0.4, -0.2) is 16.8 Å². The van der Waals surface area contributed by atoms with Gasteiger partial charge >= 0.3 is 0 Å². The van der Waals surface area contributed by atoms with Gasteiger partial charge in [0.15, 0.2) is 0 Å². The van der Waals surface area contributed by atoms with Gasteiger partial charge in [-0.2, -0.15) is 0 Å². The standard InChI is InChI=1S/C15H14ClN3O2/c16-12-5-1-2-6-13(12)19-15(21)8-14(20)18-10-11-4-3-7-17-9-11/h1-7,9H,8,10H2,(H,18,20)(H,19,21). The Morgan fingerprint density at radius 1 is 1.10 bits per heavy atom. The van der Waals surface area contributed by atoms with Gasteiger partial charge < -0.3 is 10.6 Å². The van der Waals surface area contributed by atoms with E-state index in [4.69, 9.17) is 11.6 Å². The van der Waals surface area contributed by atoms with E-state index < -0.39 is 5.91 Å². The van der Waals surface area contributed by atoms with E-state index in [2.05, 4.69) is 15.6 Å². The molecule has 1 aromatic heterocycles. The van der Waals surface area contributed by atoms with Crippen molar-refractivity contribution in [2.45, 2.75) is 13.0 Å². The highest BCUT2D eigenvalue weighted by atomic mass is 35.5. The molecule has 108 valence electrons. The molecule has 0 atom stereocenters. The SMILES string of the molecule is O=C(CC(=O)Nc1ccccc1Cl)NCc1cccnc1. The molecule has 0 bridgehead atoms. The number of rotatable bonds is 5. The largest absolute Gasteiger partial charge is 0.352 e. The highest BCUT2D eigenvalue weighted by Crippen LogP contribution is 2.20. The first-order chi connectivity index (χ1) is 10.1. The van der Waals surface area contributed by atoms with Crippen molar-refractivity contribution in [3.05, 3.63) is 59.4 Å². The lowest BCUT2D eigenvalue weighted by Crippen LogP contribution is -2.27. The average Bonchev–Trinajstić information content (AvgIpc) is 2.48. The van der Waals surface area contributed by atoms with Crippen LogP contribution in [0.15, 0.2) is 48.8 Å². The zero-order chi connectivity index (χ0) is 15.1. The summed E-state index contributed by atoms with van der Waals surface area (Å²) in [5, 5.41) is 5.68. The molecule has 0 spiro atoms. The number of carbonyl (C=O) groups excluding carboxylic acids is 2. The fourth-order valence-electron chi connectivity index (χ4n) is 1.67. The monoisotopic (exact) mass is 303 g/mol. The van der Waals surface area contributed by atoms with Crippen molar-refractivity contribution in [3.8, 4) is 0 Å². The molecule has 1 aromatic carbocycles. The van der Waals surface area contributed by atoms with Gasteiger partial charge in [0.05, 0.1) is 10.7 Å². The van der Waals surface area contributed by atoms with Crippen LogP contribution in [0.5, 0.6) is 0 Å². The minimum absolute atomic E-state index is 0.258. The molecule has 2 amide bonds. The van der Waals surface area contributed by atoms with Gasteiger partial charge in [0, 0.05) is 18.9 Å². The first-order valence-electron chi connectivity index (χ1n) is 6.35. The second kappa shape index (κ2) is 7.40. The van der Waals surface area contributed by atoms with E-state index in [9.17, 15) is 9.59 Å². The topological polar surface area (TPSA) is 71.1 Å². The van der Waals surface area contributed by atoms with Crippen molar-refractivity contribution in [3.63, 3.8) is 0 Å². The van der Waals surface area contributed by atoms with Crippen molar-refractivity contribution in [1.82, 2.24) is 10.3 Å². The van der Waals surface area contributed by atoms with Crippen LogP contribution in [-0.2, 0) is 16.1 Å². The average molecular weight is 304 g/mol. The van der Waals surface area contributed by atoms with E-state index in [1.807, 2.05) is 6.07 Å². The molecule has 6 heteroatoms. The van der Waals surface area contributed by atoms with Gasteiger partial charge in [0.2, 0.25) is 11.8 Å². The molecule has 1 heterocycles. The van der Waals surface area contributed by atoms with Gasteiger partial charge in [0.25, 0.3) is 0 Å². The number of carbonyl (C=O) groups is 2. The summed E-state index contributed by atoms with van der Waals surface area (Å²) in [4.78, 5) is 27.4. The molecular weight excluding hydrogens is 290 g/mol. The van der Waals surface area contributed by atoms with Crippen molar-refractivity contribution >= 4 is 29.1 Å². The fourth-order valence-corrected chi connectivity index (χ4v) is 1.85. The Morgan fingerprint density at radius 2 is 1.90 bits per heavy atom. The number of pyridine rings is 1. The maximum atomic E-state index is 11.7. The summed E-state index contributed by atoms with van der Waals surface area (Å²) in [5.74, 6) is -0.768. The summed E-state index contributed by atoms with van der Waals surface area (Å²) in [5.41, 5.74) is 1.36. The molecule has 2 N–H and O–H groups in total. The van der Waals surface area contributed by atoms with Crippen molar-refractivity contribution in [2.75, 3.05) is 5.32 Å². The first-order valence-corrected chi connectivity index (χ1v) is 6.73. The van der Waals surface area contributed by atoms with Crippen LogP contribution in [0.1, 0.15) is 12.0 Å². The molecule has 21 heavy (non-hydrogen) atoms. The third-order valence-corrected chi connectivity index (χ3v) is 3.01. The third kappa shape index (κ3) is 4.89. The van der Waals surface area contributed by atoms with Gasteiger partial charge in [-0.3, -0.25) is 14.6 Å². The zero-order valence-corrected chi connectivity index (χ0v) is 11.9. The molecule has 0 aliphatic carbocycles. The number of anilines is 1. The van der Waals surface area contributed by atoms with Crippen LogP contribution in [0.2, 0.25) is 5.02 Å². The lowest BCUT2D eigenvalue weighted by molar-refractivity contribution is -0.126. The number of hydrogen-bond donors (Lipinski definition) is 2. The quantitative estimate of drug-likeness (QED) is 0.833. The van der Waals surface area contributed by atoms with E-state index in [0.717, 1.165) is 5.56 Å². The summed E-state index contributed by atoms with van der Waals surface area (Å²) < 4.78 is 0. The molecule has 0 saturated carbocycles. The normalized spacial score (nSPS) is 9.95. The van der Waals surface area contributed by atoms with Crippen LogP contribution in [0.25, 0.3) is 0 Å². The lowest BCUT2D eigenvalue weighted by Gasteiger charge is -2.07. The molecule has 0 unspecified atom stereocenters. The Labute approximate surface area is 127 Å². The predicted octanol–water partition coefficient (Wildman–Crippen LogP) is 2.38. The molecule has 0 radical (unpaired) electrons. The predicted molar refractivity (Wildman–Crippen MR) is 80.8 cm³/mol. The van der Waals surface area contributed by atoms with E-state index in [0.29, 0.717) is 17.3 Å². The van der Waals surface area contributed by atoms with Gasteiger partial charge in [-0.05, 0) is 23.8 Å². The van der Waals surface area contributed by atoms with Crippen LogP contribution in [0.4, 0.5) is 5.69 Å². The molecule has 2 rings (SSSR count). The van der Waals surface area contributed by atoms with Crippen LogP contribution in [0.3, 0.4) is 0 Å². The molecule has 0 fully saturated rings. The number of aromatic nitrogens is 1.